The first-order chi connectivity index (χ1) is 25.7. The van der Waals surface area contributed by atoms with Crippen molar-refractivity contribution in [2.24, 2.45) is 11.8 Å². The zero-order valence-electron chi connectivity index (χ0n) is 30.7. The number of rotatable bonds is 13. The van der Waals surface area contributed by atoms with Crippen molar-refractivity contribution in [1.29, 1.82) is 5.41 Å². The highest BCUT2D eigenvalue weighted by molar-refractivity contribution is 6.01. The summed E-state index contributed by atoms with van der Waals surface area (Å²) in [6.45, 7) is 1.10. The number of hydrogen-bond acceptors (Lipinski definition) is 2. The zero-order valence-corrected chi connectivity index (χ0v) is 30.7. The molecule has 1 saturated heterocycles. The predicted octanol–water partition coefficient (Wildman–Crippen LogP) is 12.7. The summed E-state index contributed by atoms with van der Waals surface area (Å²) < 4.78 is 0. The van der Waals surface area contributed by atoms with E-state index in [1.165, 1.54) is 80.1 Å². The van der Waals surface area contributed by atoms with Gasteiger partial charge in [-0.2, -0.15) is 0 Å². The van der Waals surface area contributed by atoms with Gasteiger partial charge >= 0.3 is 0 Å². The minimum absolute atomic E-state index is 0.241. The maximum absolute atomic E-state index is 9.16. The molecule has 2 nitrogen and oxygen atoms in total. The first kappa shape index (κ1) is 34.6. The van der Waals surface area contributed by atoms with E-state index in [-0.39, 0.29) is 6.04 Å². The van der Waals surface area contributed by atoms with Crippen molar-refractivity contribution in [2.75, 3.05) is 6.54 Å². The summed E-state index contributed by atoms with van der Waals surface area (Å²) in [6, 6.07) is 33.2. The van der Waals surface area contributed by atoms with Gasteiger partial charge in [-0.3, -0.25) is 4.90 Å². The van der Waals surface area contributed by atoms with Crippen LogP contribution < -0.4 is 0 Å². The Kier molecular flexibility index (Phi) is 10.9. The second kappa shape index (κ2) is 16.4. The van der Waals surface area contributed by atoms with Crippen LogP contribution in [-0.4, -0.2) is 23.2 Å². The Morgan fingerprint density at radius 3 is 2.15 bits per heavy atom. The molecule has 6 unspecified atom stereocenters. The van der Waals surface area contributed by atoms with Crippen molar-refractivity contribution in [3.05, 3.63) is 185 Å². The number of nitrogens with zero attached hydrogens (tertiary/aromatic N) is 1. The van der Waals surface area contributed by atoms with Crippen LogP contribution in [0.5, 0.6) is 0 Å². The van der Waals surface area contributed by atoms with Crippen molar-refractivity contribution >= 4 is 11.3 Å². The van der Waals surface area contributed by atoms with Crippen molar-refractivity contribution in [1.82, 2.24) is 4.90 Å². The summed E-state index contributed by atoms with van der Waals surface area (Å²) in [5.41, 5.74) is 12.2. The van der Waals surface area contributed by atoms with Crippen molar-refractivity contribution < 1.29 is 0 Å². The molecule has 0 saturated carbocycles. The van der Waals surface area contributed by atoms with Crippen LogP contribution in [0.2, 0.25) is 0 Å². The third-order valence-corrected chi connectivity index (χ3v) is 12.3. The lowest BCUT2D eigenvalue weighted by Crippen LogP contribution is -2.19. The summed E-state index contributed by atoms with van der Waals surface area (Å²) in [4.78, 5) is 2.64. The maximum Gasteiger partial charge on any atom is 0.0445 e. The summed E-state index contributed by atoms with van der Waals surface area (Å²) in [5.74, 6) is 1.81. The van der Waals surface area contributed by atoms with Crippen LogP contribution in [0.4, 0.5) is 0 Å². The van der Waals surface area contributed by atoms with E-state index in [0.29, 0.717) is 17.9 Å². The molecule has 1 heterocycles. The maximum atomic E-state index is 9.16. The van der Waals surface area contributed by atoms with Gasteiger partial charge in [-0.25, -0.2) is 0 Å². The summed E-state index contributed by atoms with van der Waals surface area (Å²) >= 11 is 0. The highest BCUT2D eigenvalue weighted by Crippen LogP contribution is 2.43. The van der Waals surface area contributed by atoms with Gasteiger partial charge in [0.15, 0.2) is 0 Å². The SMILES string of the molecule is N=C(CC(c1ccccc1)N1CC1C1=CC=C(C2CC=C(CCCC3C=CC(c4ccccc4)=CC3)CC2)CC1)C1=CCC(c2ccccc2)C=C1. The minimum Gasteiger partial charge on any atom is -0.305 e. The van der Waals surface area contributed by atoms with Gasteiger partial charge < -0.3 is 5.41 Å². The molecule has 0 spiro atoms. The Hall–Kier alpha value is -4.53. The van der Waals surface area contributed by atoms with Crippen LogP contribution in [0.25, 0.3) is 5.57 Å². The van der Waals surface area contributed by atoms with Gasteiger partial charge in [0.1, 0.15) is 0 Å². The van der Waals surface area contributed by atoms with E-state index in [9.17, 15) is 0 Å². The highest BCUT2D eigenvalue weighted by atomic mass is 15.3. The third-order valence-electron chi connectivity index (χ3n) is 12.3. The molecule has 4 aliphatic carbocycles. The molecule has 5 aliphatic rings. The Bertz CT molecular complexity index is 1920. The fourth-order valence-corrected chi connectivity index (χ4v) is 9.09. The van der Waals surface area contributed by atoms with E-state index in [2.05, 4.69) is 151 Å². The molecule has 3 aromatic rings. The molecule has 0 amide bonds. The fourth-order valence-electron chi connectivity index (χ4n) is 9.09. The van der Waals surface area contributed by atoms with E-state index < -0.39 is 0 Å². The lowest BCUT2D eigenvalue weighted by Gasteiger charge is -2.27. The van der Waals surface area contributed by atoms with E-state index in [0.717, 1.165) is 36.6 Å². The number of nitrogens with one attached hydrogen (secondary N) is 1. The van der Waals surface area contributed by atoms with Gasteiger partial charge in [0.25, 0.3) is 0 Å². The Labute approximate surface area is 312 Å². The number of allylic oxidation sites excluding steroid dienone is 13. The standard InChI is InChI=1S/C50H54N2/c51-48(45-31-27-43(28-32-45)40-15-6-2-7-16-40)35-49(46-17-8-3-9-18-46)52-36-50(52)47-33-29-44(30-34-47)42-25-21-38(22-26-42)12-10-11-37-19-23-41(24-20-37)39-13-4-1-5-14-39/h1-9,13-19,21,23-24,27,29,31-33,37,42-43,49-51H,10-12,20,22,25-26,28,30,34-36H2. The van der Waals surface area contributed by atoms with Crippen LogP contribution in [0, 0.1) is 17.2 Å². The van der Waals surface area contributed by atoms with Crippen LogP contribution in [0.3, 0.4) is 0 Å². The van der Waals surface area contributed by atoms with Gasteiger partial charge in [-0.05, 0) is 104 Å². The molecule has 6 atom stereocenters. The molecule has 1 fully saturated rings. The zero-order chi connectivity index (χ0) is 35.1. The van der Waals surface area contributed by atoms with Crippen LogP contribution >= 0.6 is 0 Å². The quantitative estimate of drug-likeness (QED) is 0.108. The molecular formula is C50H54N2. The molecule has 264 valence electrons. The highest BCUT2D eigenvalue weighted by Gasteiger charge is 2.43. The fraction of sp³-hybridized carbons (Fsp3) is 0.340. The Morgan fingerprint density at radius 1 is 0.731 bits per heavy atom. The molecule has 0 aromatic heterocycles. The normalized spacial score (nSPS) is 26.0. The predicted molar refractivity (Wildman–Crippen MR) is 219 cm³/mol. The second-order valence-electron chi connectivity index (χ2n) is 15.7. The van der Waals surface area contributed by atoms with Crippen molar-refractivity contribution in [3.8, 4) is 0 Å². The van der Waals surface area contributed by atoms with E-state index in [1.807, 2.05) is 0 Å². The largest absolute Gasteiger partial charge is 0.305 e. The topological polar surface area (TPSA) is 26.9 Å². The first-order valence-corrected chi connectivity index (χ1v) is 20.0. The molecule has 3 aromatic carbocycles. The van der Waals surface area contributed by atoms with Crippen molar-refractivity contribution in [2.45, 2.75) is 88.6 Å². The smallest absolute Gasteiger partial charge is 0.0445 e. The molecule has 2 heteroatoms. The van der Waals surface area contributed by atoms with Crippen LogP contribution in [-0.2, 0) is 0 Å². The third kappa shape index (κ3) is 8.40. The van der Waals surface area contributed by atoms with Gasteiger partial charge in [0.2, 0.25) is 0 Å². The Morgan fingerprint density at radius 2 is 1.48 bits per heavy atom. The molecule has 52 heavy (non-hydrogen) atoms. The Balaban J connectivity index is 0.820. The average molecular weight is 683 g/mol. The van der Waals surface area contributed by atoms with Gasteiger partial charge in [0.05, 0.1) is 0 Å². The van der Waals surface area contributed by atoms with Crippen LogP contribution in [0.1, 0.15) is 99.3 Å². The van der Waals surface area contributed by atoms with E-state index in [1.54, 1.807) is 16.7 Å². The van der Waals surface area contributed by atoms with E-state index in [4.69, 9.17) is 5.41 Å². The van der Waals surface area contributed by atoms with Crippen molar-refractivity contribution in [3.63, 3.8) is 0 Å². The number of benzene rings is 3. The summed E-state index contributed by atoms with van der Waals surface area (Å²) in [5, 5.41) is 9.16. The molecule has 1 aliphatic heterocycles. The monoisotopic (exact) mass is 682 g/mol. The lowest BCUT2D eigenvalue weighted by molar-refractivity contribution is 0.397. The molecule has 0 bridgehead atoms. The van der Waals surface area contributed by atoms with Gasteiger partial charge in [-0.1, -0.05) is 162 Å². The summed E-state index contributed by atoms with van der Waals surface area (Å²) in [6.07, 6.45) is 34.5. The number of hydrogen-bond donors (Lipinski definition) is 1. The second-order valence-corrected chi connectivity index (χ2v) is 15.7. The molecule has 8 rings (SSSR count). The minimum atomic E-state index is 0.241. The van der Waals surface area contributed by atoms with Gasteiger partial charge in [-0.15, -0.1) is 0 Å². The molecule has 1 N–H and O–H groups in total. The summed E-state index contributed by atoms with van der Waals surface area (Å²) in [7, 11) is 0. The molecular weight excluding hydrogens is 629 g/mol. The van der Waals surface area contributed by atoms with E-state index >= 15 is 0 Å². The molecule has 0 radical (unpaired) electrons. The van der Waals surface area contributed by atoms with Crippen LogP contribution in [0.15, 0.2) is 168 Å². The first-order valence-electron chi connectivity index (χ1n) is 20.0. The lowest BCUT2D eigenvalue weighted by atomic mass is 9.79. The van der Waals surface area contributed by atoms with Gasteiger partial charge in [0, 0.05) is 36.7 Å². The average Bonchev–Trinajstić information content (AvgIpc) is 4.02.